The second kappa shape index (κ2) is 12.0. The molecule has 5 aromatic carbocycles. The summed E-state index contributed by atoms with van der Waals surface area (Å²) in [4.78, 5) is 32.1. The number of hydrogen-bond donors (Lipinski definition) is 2. The molecule has 43 heavy (non-hydrogen) atoms. The molecule has 0 saturated carbocycles. The van der Waals surface area contributed by atoms with E-state index >= 15 is 0 Å². The van der Waals surface area contributed by atoms with Crippen LogP contribution in [0, 0.1) is 13.8 Å². The van der Waals surface area contributed by atoms with Crippen LogP contribution in [0.25, 0.3) is 28.5 Å². The van der Waals surface area contributed by atoms with E-state index in [0.717, 1.165) is 16.8 Å². The molecule has 2 amide bonds. The Labute approximate surface area is 249 Å². The number of nitrogens with one attached hydrogen (secondary N) is 2. The van der Waals surface area contributed by atoms with Gasteiger partial charge in [-0.1, -0.05) is 77.9 Å². The Morgan fingerprint density at radius 2 is 1.05 bits per heavy atom. The van der Waals surface area contributed by atoms with Crippen LogP contribution in [0.15, 0.2) is 127 Å². The van der Waals surface area contributed by atoms with Crippen molar-refractivity contribution < 1.29 is 9.59 Å². The zero-order valence-corrected chi connectivity index (χ0v) is 23.8. The normalized spacial score (nSPS) is 10.7. The van der Waals surface area contributed by atoms with Gasteiger partial charge < -0.3 is 10.6 Å². The summed E-state index contributed by atoms with van der Waals surface area (Å²) in [7, 11) is 0. The lowest BCUT2D eigenvalue weighted by molar-refractivity contribution is 0.101. The fourth-order valence-corrected chi connectivity index (χ4v) is 4.87. The van der Waals surface area contributed by atoms with Crippen molar-refractivity contribution in [2.75, 3.05) is 10.6 Å². The highest BCUT2D eigenvalue weighted by Crippen LogP contribution is 2.31. The Hall–Kier alpha value is -5.82. The van der Waals surface area contributed by atoms with E-state index in [-0.39, 0.29) is 11.8 Å². The van der Waals surface area contributed by atoms with E-state index in [9.17, 15) is 9.59 Å². The van der Waals surface area contributed by atoms with E-state index in [2.05, 4.69) is 10.6 Å². The average Bonchev–Trinajstić information content (AvgIpc) is 3.48. The van der Waals surface area contributed by atoms with Crippen LogP contribution in [0.4, 0.5) is 11.4 Å². The lowest BCUT2D eigenvalue weighted by Crippen LogP contribution is -2.14. The smallest absolute Gasteiger partial charge is 0.256 e. The van der Waals surface area contributed by atoms with E-state index in [1.54, 1.807) is 16.8 Å². The molecule has 0 atom stereocenters. The van der Waals surface area contributed by atoms with E-state index in [0.29, 0.717) is 45.3 Å². The third-order valence-electron chi connectivity index (χ3n) is 6.99. The van der Waals surface area contributed by atoms with Crippen molar-refractivity contribution in [1.29, 1.82) is 0 Å². The van der Waals surface area contributed by atoms with Gasteiger partial charge in [0.05, 0.1) is 16.8 Å². The van der Waals surface area contributed by atoms with Gasteiger partial charge in [-0.2, -0.15) is 0 Å². The average molecular weight is 564 g/mol. The molecule has 210 valence electrons. The molecule has 1 heterocycles. The van der Waals surface area contributed by atoms with Crippen molar-refractivity contribution in [2.45, 2.75) is 13.8 Å². The predicted molar refractivity (Wildman–Crippen MR) is 170 cm³/mol. The third kappa shape index (κ3) is 5.96. The second-order valence-corrected chi connectivity index (χ2v) is 10.2. The Bertz CT molecular complexity index is 1920. The number of carbonyl (C=O) groups is 2. The Morgan fingerprint density at radius 1 is 0.581 bits per heavy atom. The lowest BCUT2D eigenvalue weighted by atomic mass is 10.0. The van der Waals surface area contributed by atoms with Crippen molar-refractivity contribution in [3.8, 4) is 28.5 Å². The number of para-hydroxylation sites is 3. The minimum Gasteiger partial charge on any atom is -0.322 e. The predicted octanol–water partition coefficient (Wildman–Crippen LogP) is 7.72. The molecule has 0 saturated heterocycles. The van der Waals surface area contributed by atoms with Crippen LogP contribution in [0.2, 0.25) is 0 Å². The zero-order valence-electron chi connectivity index (χ0n) is 23.8. The summed E-state index contributed by atoms with van der Waals surface area (Å²) in [6.07, 6.45) is 0. The van der Waals surface area contributed by atoms with Crippen molar-refractivity contribution in [3.63, 3.8) is 0 Å². The van der Waals surface area contributed by atoms with Gasteiger partial charge in [0.1, 0.15) is 0 Å². The molecule has 1 aromatic heterocycles. The van der Waals surface area contributed by atoms with Crippen molar-refractivity contribution >= 4 is 23.2 Å². The highest BCUT2D eigenvalue weighted by atomic mass is 16.2. The van der Waals surface area contributed by atoms with Crippen LogP contribution in [0.3, 0.4) is 0 Å². The maximum atomic E-state index is 13.6. The van der Waals surface area contributed by atoms with Crippen LogP contribution in [-0.2, 0) is 0 Å². The molecular weight excluding hydrogens is 534 g/mol. The molecule has 0 spiro atoms. The number of carbonyl (C=O) groups excluding carboxylic acids is 2. The van der Waals surface area contributed by atoms with Crippen molar-refractivity contribution in [3.05, 3.63) is 150 Å². The van der Waals surface area contributed by atoms with Gasteiger partial charge in [-0.15, -0.1) is 5.10 Å². The van der Waals surface area contributed by atoms with Crippen LogP contribution in [-0.4, -0.2) is 26.6 Å². The Balaban J connectivity index is 1.49. The summed E-state index contributed by atoms with van der Waals surface area (Å²) in [6, 6.07) is 39.5. The first-order valence-corrected chi connectivity index (χ1v) is 13.9. The molecule has 0 radical (unpaired) electrons. The van der Waals surface area contributed by atoms with Gasteiger partial charge >= 0.3 is 0 Å². The maximum Gasteiger partial charge on any atom is 0.256 e. The third-order valence-corrected chi connectivity index (χ3v) is 6.99. The molecule has 0 aliphatic heterocycles. The molecule has 0 fully saturated rings. The molecule has 0 unspecified atom stereocenters. The fourth-order valence-electron chi connectivity index (χ4n) is 4.87. The molecule has 6 rings (SSSR count). The topological polar surface area (TPSA) is 88.9 Å². The van der Waals surface area contributed by atoms with E-state index in [4.69, 9.17) is 10.1 Å². The van der Waals surface area contributed by atoms with Gasteiger partial charge in [-0.25, -0.2) is 9.67 Å². The minimum absolute atomic E-state index is 0.260. The van der Waals surface area contributed by atoms with Crippen LogP contribution >= 0.6 is 0 Å². The van der Waals surface area contributed by atoms with Gasteiger partial charge in [-0.05, 0) is 74.5 Å². The van der Waals surface area contributed by atoms with Gasteiger partial charge in [0, 0.05) is 22.5 Å². The number of nitrogens with zero attached hydrogens (tertiary/aromatic N) is 3. The molecule has 0 aliphatic carbocycles. The number of amides is 2. The highest BCUT2D eigenvalue weighted by Gasteiger charge is 2.24. The minimum atomic E-state index is -0.266. The highest BCUT2D eigenvalue weighted by molar-refractivity contribution is 6.09. The maximum absolute atomic E-state index is 13.6. The van der Waals surface area contributed by atoms with Gasteiger partial charge in [0.15, 0.2) is 11.6 Å². The first kappa shape index (κ1) is 27.4. The van der Waals surface area contributed by atoms with Crippen LogP contribution in [0.1, 0.15) is 31.8 Å². The number of anilines is 2. The molecular formula is C36H29N5O2. The summed E-state index contributed by atoms with van der Waals surface area (Å²) in [5.41, 5.74) is 6.20. The van der Waals surface area contributed by atoms with E-state index in [1.165, 1.54) is 0 Å². The molecule has 7 nitrogen and oxygen atoms in total. The summed E-state index contributed by atoms with van der Waals surface area (Å²) < 4.78 is 1.73. The Kier molecular flexibility index (Phi) is 7.61. The number of aromatic nitrogens is 3. The number of aryl methyl sites for hydroxylation is 2. The van der Waals surface area contributed by atoms with Crippen molar-refractivity contribution in [2.24, 2.45) is 0 Å². The van der Waals surface area contributed by atoms with Crippen molar-refractivity contribution in [1.82, 2.24) is 14.8 Å². The van der Waals surface area contributed by atoms with Gasteiger partial charge in [0.2, 0.25) is 0 Å². The summed E-state index contributed by atoms with van der Waals surface area (Å²) >= 11 is 0. The fraction of sp³-hybridized carbons (Fsp3) is 0.0556. The zero-order chi connectivity index (χ0) is 29.8. The molecule has 7 heteroatoms. The van der Waals surface area contributed by atoms with E-state index in [1.807, 2.05) is 129 Å². The van der Waals surface area contributed by atoms with Gasteiger partial charge in [-0.3, -0.25) is 9.59 Å². The summed E-state index contributed by atoms with van der Waals surface area (Å²) in [6.45, 7) is 3.93. The number of benzene rings is 5. The second-order valence-electron chi connectivity index (χ2n) is 10.2. The lowest BCUT2D eigenvalue weighted by Gasteiger charge is -2.12. The largest absolute Gasteiger partial charge is 0.322 e. The summed E-state index contributed by atoms with van der Waals surface area (Å²) in [5.74, 6) is 0.330. The summed E-state index contributed by atoms with van der Waals surface area (Å²) in [5, 5.41) is 10.9. The molecule has 6 aromatic rings. The quantitative estimate of drug-likeness (QED) is 0.208. The SMILES string of the molecule is Cc1ccc(C(=O)Nc2ccccc2)c(-c2nc(-c3cc(C)ccc3C(=O)Nc3ccccc3)n(-c3ccccc3)n2)c1. The first-order valence-electron chi connectivity index (χ1n) is 13.9. The number of hydrogen-bond acceptors (Lipinski definition) is 4. The number of rotatable bonds is 7. The molecule has 2 N–H and O–H groups in total. The van der Waals surface area contributed by atoms with E-state index < -0.39 is 0 Å². The van der Waals surface area contributed by atoms with Gasteiger partial charge in [0.25, 0.3) is 11.8 Å². The first-order chi connectivity index (χ1) is 21.0. The van der Waals surface area contributed by atoms with Crippen LogP contribution in [0.5, 0.6) is 0 Å². The molecule has 0 bridgehead atoms. The standard InChI is InChI=1S/C36H29N5O2/c1-24-18-20-29(35(42)37-26-12-6-3-7-13-26)31(22-24)33-39-34(41(40-33)28-16-10-5-11-17-28)32-23-25(2)19-21-30(32)36(43)38-27-14-8-4-9-15-27/h3-23H,1-2H3,(H,37,42)(H,38,43). The van der Waals surface area contributed by atoms with Crippen LogP contribution < -0.4 is 10.6 Å². The monoisotopic (exact) mass is 563 g/mol. The molecule has 0 aliphatic rings. The Morgan fingerprint density at radius 3 is 1.58 bits per heavy atom.